The molecule has 0 fully saturated rings. The number of carbonyl (C=O) groups excluding carboxylic acids is 3. The van der Waals surface area contributed by atoms with Gasteiger partial charge in [-0.15, -0.1) is 0 Å². The van der Waals surface area contributed by atoms with Gasteiger partial charge in [0.05, 0.1) is 7.11 Å². The second-order valence-electron chi connectivity index (χ2n) is 5.61. The van der Waals surface area contributed by atoms with Crippen molar-refractivity contribution in [1.29, 1.82) is 0 Å². The highest BCUT2D eigenvalue weighted by Crippen LogP contribution is 2.24. The summed E-state index contributed by atoms with van der Waals surface area (Å²) in [7, 11) is 1.49. The first-order valence-corrected chi connectivity index (χ1v) is 9.15. The van der Waals surface area contributed by atoms with Crippen molar-refractivity contribution >= 4 is 39.8 Å². The van der Waals surface area contributed by atoms with E-state index in [2.05, 4.69) is 20.7 Å². The molecule has 0 spiro atoms. The maximum atomic E-state index is 12.1. The van der Waals surface area contributed by atoms with E-state index in [0.717, 1.165) is 22.7 Å². The highest BCUT2D eigenvalue weighted by Gasteiger charge is 2.13. The molecule has 30 heavy (non-hydrogen) atoms. The number of esters is 1. The summed E-state index contributed by atoms with van der Waals surface area (Å²) in [6.45, 7) is -3.67. The van der Waals surface area contributed by atoms with Crippen LogP contribution in [0.3, 0.4) is 0 Å². The summed E-state index contributed by atoms with van der Waals surface area (Å²) in [5.41, 5.74) is 0.653. The van der Waals surface area contributed by atoms with Crippen LogP contribution in [0.2, 0.25) is 0 Å². The minimum absolute atomic E-state index is 0.0398. The SMILES string of the molecule is COc1ccc(Br)cc1/C=C/C(=O)OCC(=O)NC(=O)c1ccc(OC(F)F)cc1. The molecular weight excluding hydrogens is 468 g/mol. The lowest BCUT2D eigenvalue weighted by atomic mass is 10.2. The number of carbonyl (C=O) groups is 3. The molecule has 2 aromatic carbocycles. The molecule has 0 aliphatic carbocycles. The van der Waals surface area contributed by atoms with Crippen LogP contribution in [-0.2, 0) is 14.3 Å². The third-order valence-electron chi connectivity index (χ3n) is 3.53. The quantitative estimate of drug-likeness (QED) is 0.455. The van der Waals surface area contributed by atoms with Crippen LogP contribution in [0.4, 0.5) is 8.78 Å². The number of benzene rings is 2. The fraction of sp³-hybridized carbons (Fsp3) is 0.150. The van der Waals surface area contributed by atoms with Crippen LogP contribution in [-0.4, -0.2) is 38.1 Å². The molecule has 0 saturated heterocycles. The minimum atomic E-state index is -2.99. The summed E-state index contributed by atoms with van der Waals surface area (Å²) >= 11 is 3.31. The van der Waals surface area contributed by atoms with E-state index in [-0.39, 0.29) is 11.3 Å². The Kier molecular flexibility index (Phi) is 8.48. The normalized spacial score (nSPS) is 10.7. The molecule has 0 aliphatic rings. The lowest BCUT2D eigenvalue weighted by Crippen LogP contribution is -2.34. The molecule has 2 aromatic rings. The van der Waals surface area contributed by atoms with E-state index in [1.54, 1.807) is 18.2 Å². The lowest BCUT2D eigenvalue weighted by molar-refractivity contribution is -0.143. The summed E-state index contributed by atoms with van der Waals surface area (Å²) < 4.78 is 39.1. The van der Waals surface area contributed by atoms with Crippen molar-refractivity contribution in [2.24, 2.45) is 0 Å². The monoisotopic (exact) mass is 483 g/mol. The van der Waals surface area contributed by atoms with E-state index in [0.29, 0.717) is 11.3 Å². The molecule has 10 heteroatoms. The van der Waals surface area contributed by atoms with Crippen LogP contribution in [0.1, 0.15) is 15.9 Å². The van der Waals surface area contributed by atoms with Crippen molar-refractivity contribution in [2.75, 3.05) is 13.7 Å². The molecular formula is C20H16BrF2NO6. The fourth-order valence-electron chi connectivity index (χ4n) is 2.20. The molecule has 2 rings (SSSR count). The smallest absolute Gasteiger partial charge is 0.387 e. The topological polar surface area (TPSA) is 90.9 Å². The third-order valence-corrected chi connectivity index (χ3v) is 4.02. The van der Waals surface area contributed by atoms with Crippen LogP contribution in [0.15, 0.2) is 53.0 Å². The highest BCUT2D eigenvalue weighted by atomic mass is 79.9. The first-order valence-electron chi connectivity index (χ1n) is 8.36. The Balaban J connectivity index is 1.84. The van der Waals surface area contributed by atoms with Gasteiger partial charge in [0.1, 0.15) is 11.5 Å². The van der Waals surface area contributed by atoms with Gasteiger partial charge in [0, 0.05) is 21.7 Å². The second-order valence-corrected chi connectivity index (χ2v) is 6.52. The first kappa shape index (κ1) is 23.0. The Labute approximate surface area is 178 Å². The number of methoxy groups -OCH3 is 1. The van der Waals surface area contributed by atoms with Gasteiger partial charge in [-0.2, -0.15) is 8.78 Å². The Hall–Kier alpha value is -3.27. The summed E-state index contributed by atoms with van der Waals surface area (Å²) in [6.07, 6.45) is 2.57. The van der Waals surface area contributed by atoms with E-state index in [1.165, 1.54) is 25.3 Å². The molecule has 0 bridgehead atoms. The molecule has 0 heterocycles. The maximum absolute atomic E-state index is 12.1. The van der Waals surface area contributed by atoms with Crippen LogP contribution >= 0.6 is 15.9 Å². The zero-order chi connectivity index (χ0) is 22.1. The number of nitrogens with one attached hydrogen (secondary N) is 1. The van der Waals surface area contributed by atoms with Crippen LogP contribution < -0.4 is 14.8 Å². The minimum Gasteiger partial charge on any atom is -0.496 e. The van der Waals surface area contributed by atoms with Gasteiger partial charge in [-0.25, -0.2) is 4.79 Å². The molecule has 158 valence electrons. The van der Waals surface area contributed by atoms with E-state index < -0.39 is 31.0 Å². The highest BCUT2D eigenvalue weighted by molar-refractivity contribution is 9.10. The Bertz CT molecular complexity index is 947. The van der Waals surface area contributed by atoms with Gasteiger partial charge in [-0.05, 0) is 48.5 Å². The van der Waals surface area contributed by atoms with Gasteiger partial charge in [0.25, 0.3) is 11.8 Å². The number of ether oxygens (including phenoxy) is 3. The summed E-state index contributed by atoms with van der Waals surface area (Å²) in [6, 6.07) is 9.95. The number of alkyl halides is 2. The zero-order valence-electron chi connectivity index (χ0n) is 15.6. The fourth-order valence-corrected chi connectivity index (χ4v) is 2.58. The number of amides is 2. The van der Waals surface area contributed by atoms with Crippen molar-refractivity contribution in [2.45, 2.75) is 6.61 Å². The van der Waals surface area contributed by atoms with E-state index in [4.69, 9.17) is 9.47 Å². The van der Waals surface area contributed by atoms with Crippen molar-refractivity contribution in [3.63, 3.8) is 0 Å². The van der Waals surface area contributed by atoms with Crippen molar-refractivity contribution in [1.82, 2.24) is 5.32 Å². The van der Waals surface area contributed by atoms with E-state index in [1.807, 2.05) is 5.32 Å². The van der Waals surface area contributed by atoms with E-state index in [9.17, 15) is 23.2 Å². The molecule has 0 radical (unpaired) electrons. The molecule has 0 aliphatic heterocycles. The molecule has 0 aromatic heterocycles. The first-order chi connectivity index (χ1) is 14.3. The third kappa shape index (κ3) is 7.28. The van der Waals surface area contributed by atoms with Gasteiger partial charge in [-0.3, -0.25) is 14.9 Å². The van der Waals surface area contributed by atoms with Crippen molar-refractivity contribution in [3.05, 3.63) is 64.1 Å². The Morgan fingerprint density at radius 1 is 1.13 bits per heavy atom. The second kappa shape index (κ2) is 11.1. The van der Waals surface area contributed by atoms with Gasteiger partial charge in [-0.1, -0.05) is 15.9 Å². The predicted octanol–water partition coefficient (Wildman–Crippen LogP) is 3.57. The van der Waals surface area contributed by atoms with Gasteiger partial charge >= 0.3 is 12.6 Å². The average Bonchev–Trinajstić information content (AvgIpc) is 2.70. The Morgan fingerprint density at radius 3 is 2.47 bits per heavy atom. The average molecular weight is 484 g/mol. The zero-order valence-corrected chi connectivity index (χ0v) is 17.1. The largest absolute Gasteiger partial charge is 0.496 e. The molecule has 2 amide bonds. The molecule has 0 unspecified atom stereocenters. The number of halogens is 3. The van der Waals surface area contributed by atoms with Gasteiger partial charge < -0.3 is 14.2 Å². The van der Waals surface area contributed by atoms with Crippen LogP contribution in [0.5, 0.6) is 11.5 Å². The molecule has 0 saturated carbocycles. The number of imide groups is 1. The predicted molar refractivity (Wildman–Crippen MR) is 106 cm³/mol. The summed E-state index contributed by atoms with van der Waals surface area (Å²) in [5, 5.41) is 2.02. The van der Waals surface area contributed by atoms with Crippen molar-refractivity contribution < 1.29 is 37.4 Å². The van der Waals surface area contributed by atoms with Crippen LogP contribution in [0, 0.1) is 0 Å². The standard InChI is InChI=1S/C20H16BrF2NO6/c1-28-16-8-5-14(21)10-13(16)4-9-18(26)29-11-17(25)24-19(27)12-2-6-15(7-3-12)30-20(22)23/h2-10,20H,11H2,1H3,(H,24,25,27)/b9-4+. The van der Waals surface area contributed by atoms with Gasteiger partial charge in [0.2, 0.25) is 0 Å². The van der Waals surface area contributed by atoms with Gasteiger partial charge in [0.15, 0.2) is 6.61 Å². The summed E-state index contributed by atoms with van der Waals surface area (Å²) in [5.74, 6) is -2.02. The lowest BCUT2D eigenvalue weighted by Gasteiger charge is -2.07. The number of rotatable bonds is 8. The molecule has 0 atom stereocenters. The summed E-state index contributed by atoms with van der Waals surface area (Å²) in [4.78, 5) is 35.5. The maximum Gasteiger partial charge on any atom is 0.387 e. The Morgan fingerprint density at radius 2 is 1.83 bits per heavy atom. The molecule has 7 nitrogen and oxygen atoms in total. The van der Waals surface area contributed by atoms with Crippen molar-refractivity contribution in [3.8, 4) is 11.5 Å². The number of hydrogen-bond acceptors (Lipinski definition) is 6. The van der Waals surface area contributed by atoms with Crippen LogP contribution in [0.25, 0.3) is 6.08 Å². The van der Waals surface area contributed by atoms with E-state index >= 15 is 0 Å². The molecule has 1 N–H and O–H groups in total. The number of hydrogen-bond donors (Lipinski definition) is 1.